The summed E-state index contributed by atoms with van der Waals surface area (Å²) >= 11 is 0. The number of carbonyl (C=O) groups is 4. The van der Waals surface area contributed by atoms with Gasteiger partial charge in [0.1, 0.15) is 6.04 Å². The molecule has 0 aromatic carbocycles. The number of hydrogen-bond donors (Lipinski definition) is 4. The summed E-state index contributed by atoms with van der Waals surface area (Å²) in [5.74, 6) is -3.15. The molecule has 0 aliphatic heterocycles. The highest BCUT2D eigenvalue weighted by Crippen LogP contribution is 2.12. The van der Waals surface area contributed by atoms with Gasteiger partial charge in [-0.15, -0.1) is 0 Å². The Balaban J connectivity index is 2.82. The summed E-state index contributed by atoms with van der Waals surface area (Å²) in [5.41, 5.74) is 1.24. The summed E-state index contributed by atoms with van der Waals surface area (Å²) < 4.78 is 0. The monoisotopic (exact) mass is 509 g/mol. The lowest BCUT2D eigenvalue weighted by Gasteiger charge is -2.26. The number of aromatic nitrogens is 1. The lowest BCUT2D eigenvalue weighted by molar-refractivity contribution is -0.143. The van der Waals surface area contributed by atoms with Crippen LogP contribution in [0.2, 0.25) is 0 Å². The molecule has 1 atom stereocenters. The Hall–Kier alpha value is -3.09. The van der Waals surface area contributed by atoms with Crippen molar-refractivity contribution in [1.29, 1.82) is 0 Å². The largest absolute Gasteiger partial charge is 0.480 e. The zero-order valence-electron chi connectivity index (χ0n) is 21.4. The van der Waals surface area contributed by atoms with E-state index in [1.165, 1.54) is 0 Å². The van der Waals surface area contributed by atoms with Crippen molar-refractivity contribution in [3.63, 3.8) is 0 Å². The van der Waals surface area contributed by atoms with Crippen molar-refractivity contribution in [1.82, 2.24) is 25.0 Å². The molecule has 1 amide bonds. The van der Waals surface area contributed by atoms with Gasteiger partial charge >= 0.3 is 17.9 Å². The summed E-state index contributed by atoms with van der Waals surface area (Å²) in [4.78, 5) is 55.6. The predicted molar refractivity (Wildman–Crippen MR) is 132 cm³/mol. The van der Waals surface area contributed by atoms with E-state index in [1.54, 1.807) is 39.9 Å². The van der Waals surface area contributed by atoms with Crippen LogP contribution in [0.5, 0.6) is 0 Å². The molecule has 1 heterocycles. The van der Waals surface area contributed by atoms with Crippen molar-refractivity contribution in [2.24, 2.45) is 0 Å². The Kier molecular flexibility index (Phi) is 14.2. The molecular weight excluding hydrogens is 470 g/mol. The summed E-state index contributed by atoms with van der Waals surface area (Å²) in [7, 11) is 1.66. The molecule has 0 saturated heterocycles. The summed E-state index contributed by atoms with van der Waals surface area (Å²) in [5, 5.41) is 30.7. The van der Waals surface area contributed by atoms with Gasteiger partial charge in [-0.2, -0.15) is 0 Å². The van der Waals surface area contributed by atoms with Gasteiger partial charge in [0.25, 0.3) is 0 Å². The van der Waals surface area contributed by atoms with E-state index in [-0.39, 0.29) is 44.9 Å². The first-order chi connectivity index (χ1) is 17.0. The van der Waals surface area contributed by atoms with Crippen LogP contribution in [-0.4, -0.2) is 111 Å². The third-order valence-electron chi connectivity index (χ3n) is 5.59. The molecule has 0 radical (unpaired) electrons. The van der Waals surface area contributed by atoms with Crippen LogP contribution in [0.3, 0.4) is 0 Å². The average Bonchev–Trinajstić information content (AvgIpc) is 2.79. The molecule has 12 nitrogen and oxygen atoms in total. The molecule has 0 bridgehead atoms. The van der Waals surface area contributed by atoms with Gasteiger partial charge in [-0.05, 0) is 38.6 Å². The van der Waals surface area contributed by atoms with Gasteiger partial charge < -0.3 is 20.6 Å². The highest BCUT2D eigenvalue weighted by molar-refractivity contribution is 5.78. The first kappa shape index (κ1) is 30.9. The number of pyridine rings is 1. The van der Waals surface area contributed by atoms with Crippen LogP contribution in [0, 0.1) is 0 Å². The standard InChI is InChI=1S/C24H39N5O7/c1-4-11-25-21(30)10-9-20(24(35)36)27(3)14-18-7-6-8-19(26-18)15-29(17-23(33)34)13-12-28(5-2)16-22(31)32/h6-8,20H,4-5,9-17H2,1-3H3,(H,25,30)(H,31,32)(H,33,34)(H,35,36). The maximum atomic E-state index is 11.9. The smallest absolute Gasteiger partial charge is 0.320 e. The Morgan fingerprint density at radius 2 is 1.53 bits per heavy atom. The third-order valence-corrected chi connectivity index (χ3v) is 5.59. The highest BCUT2D eigenvalue weighted by Gasteiger charge is 2.24. The minimum Gasteiger partial charge on any atom is -0.480 e. The Labute approximate surface area is 211 Å². The lowest BCUT2D eigenvalue weighted by atomic mass is 10.1. The van der Waals surface area contributed by atoms with E-state index in [0.717, 1.165) is 6.42 Å². The molecule has 1 unspecified atom stereocenters. The van der Waals surface area contributed by atoms with Gasteiger partial charge in [-0.25, -0.2) is 0 Å². The first-order valence-electron chi connectivity index (χ1n) is 12.1. The lowest BCUT2D eigenvalue weighted by Crippen LogP contribution is -2.40. The second-order valence-corrected chi connectivity index (χ2v) is 8.64. The van der Waals surface area contributed by atoms with Crippen LogP contribution < -0.4 is 5.32 Å². The maximum Gasteiger partial charge on any atom is 0.320 e. The van der Waals surface area contributed by atoms with E-state index < -0.39 is 23.9 Å². The zero-order valence-corrected chi connectivity index (χ0v) is 21.4. The fourth-order valence-corrected chi connectivity index (χ4v) is 3.68. The second kappa shape index (κ2) is 16.6. The summed E-state index contributed by atoms with van der Waals surface area (Å²) in [6.07, 6.45) is 1.08. The number of aliphatic carboxylic acids is 3. The number of carboxylic acids is 3. The normalized spacial score (nSPS) is 12.2. The SMILES string of the molecule is CCCNC(=O)CCC(C(=O)O)N(C)Cc1cccc(CN(CCN(CC)CC(=O)O)CC(=O)O)n1. The van der Waals surface area contributed by atoms with Crippen LogP contribution in [0.15, 0.2) is 18.2 Å². The highest BCUT2D eigenvalue weighted by atomic mass is 16.4. The summed E-state index contributed by atoms with van der Waals surface area (Å²) in [6, 6.07) is 4.45. The number of amides is 1. The number of nitrogens with zero attached hydrogens (tertiary/aromatic N) is 4. The van der Waals surface area contributed by atoms with E-state index in [2.05, 4.69) is 10.3 Å². The predicted octanol–water partition coefficient (Wildman–Crippen LogP) is 0.566. The Morgan fingerprint density at radius 1 is 0.944 bits per heavy atom. The van der Waals surface area contributed by atoms with Gasteiger partial charge in [0, 0.05) is 39.1 Å². The quantitative estimate of drug-likeness (QED) is 0.206. The Bertz CT molecular complexity index is 867. The molecule has 202 valence electrons. The molecule has 1 aromatic heterocycles. The van der Waals surface area contributed by atoms with Gasteiger partial charge in [-0.3, -0.25) is 38.9 Å². The van der Waals surface area contributed by atoms with E-state index >= 15 is 0 Å². The van der Waals surface area contributed by atoms with Crippen LogP contribution in [0.4, 0.5) is 0 Å². The molecule has 0 spiro atoms. The molecule has 1 aromatic rings. The topological polar surface area (TPSA) is 164 Å². The van der Waals surface area contributed by atoms with E-state index in [1.807, 2.05) is 13.8 Å². The van der Waals surface area contributed by atoms with Crippen molar-refractivity contribution < 1.29 is 34.5 Å². The van der Waals surface area contributed by atoms with Crippen molar-refractivity contribution in [2.45, 2.75) is 52.2 Å². The number of carboxylic acid groups (broad SMARTS) is 3. The molecular formula is C24H39N5O7. The molecule has 0 aliphatic rings. The first-order valence-corrected chi connectivity index (χ1v) is 12.1. The van der Waals surface area contributed by atoms with E-state index in [0.29, 0.717) is 37.6 Å². The number of hydrogen-bond acceptors (Lipinski definition) is 8. The molecule has 1 rings (SSSR count). The fraction of sp³-hybridized carbons (Fsp3) is 0.625. The van der Waals surface area contributed by atoms with Crippen LogP contribution in [0.25, 0.3) is 0 Å². The third kappa shape index (κ3) is 12.6. The van der Waals surface area contributed by atoms with Crippen LogP contribution in [-0.2, 0) is 32.3 Å². The average molecular weight is 510 g/mol. The minimum atomic E-state index is -1.02. The van der Waals surface area contributed by atoms with E-state index in [4.69, 9.17) is 5.11 Å². The molecule has 0 saturated carbocycles. The molecule has 0 aliphatic carbocycles. The molecule has 0 fully saturated rings. The second-order valence-electron chi connectivity index (χ2n) is 8.64. The number of rotatable bonds is 19. The van der Waals surface area contributed by atoms with Gasteiger partial charge in [-0.1, -0.05) is 19.9 Å². The van der Waals surface area contributed by atoms with Crippen molar-refractivity contribution in [3.05, 3.63) is 29.6 Å². The van der Waals surface area contributed by atoms with Gasteiger partial charge in [0.05, 0.1) is 24.5 Å². The number of likely N-dealkylation sites (N-methyl/N-ethyl adjacent to an activating group) is 2. The fourth-order valence-electron chi connectivity index (χ4n) is 3.68. The minimum absolute atomic E-state index is 0.107. The van der Waals surface area contributed by atoms with Crippen molar-refractivity contribution in [3.8, 4) is 0 Å². The van der Waals surface area contributed by atoms with Crippen molar-refractivity contribution in [2.75, 3.05) is 46.3 Å². The van der Waals surface area contributed by atoms with Gasteiger partial charge in [0.2, 0.25) is 5.91 Å². The van der Waals surface area contributed by atoms with Crippen LogP contribution >= 0.6 is 0 Å². The maximum absolute atomic E-state index is 11.9. The molecule has 4 N–H and O–H groups in total. The molecule has 12 heteroatoms. The zero-order chi connectivity index (χ0) is 27.1. The van der Waals surface area contributed by atoms with E-state index in [9.17, 15) is 29.4 Å². The van der Waals surface area contributed by atoms with Gasteiger partial charge in [0.15, 0.2) is 0 Å². The Morgan fingerprint density at radius 3 is 2.08 bits per heavy atom. The molecule has 36 heavy (non-hydrogen) atoms. The van der Waals surface area contributed by atoms with Crippen LogP contribution in [0.1, 0.15) is 44.5 Å². The number of nitrogens with one attached hydrogen (secondary N) is 1. The van der Waals surface area contributed by atoms with Crippen molar-refractivity contribution >= 4 is 23.8 Å². The number of carbonyl (C=O) groups excluding carboxylic acids is 1. The summed E-state index contributed by atoms with van der Waals surface area (Å²) in [6.45, 7) is 5.74.